The largest absolute Gasteiger partial charge is 0.207 e. The van der Waals surface area contributed by atoms with Gasteiger partial charge < -0.3 is 0 Å². The van der Waals surface area contributed by atoms with Gasteiger partial charge in [-0.1, -0.05) is 37.9 Å². The molecule has 1 rings (SSSR count). The molecule has 0 aliphatic rings. The van der Waals surface area contributed by atoms with Gasteiger partial charge in [-0.25, -0.2) is 4.39 Å². The normalized spacial score (nSPS) is 10.5. The molecule has 0 aliphatic carbocycles. The number of rotatable bonds is 4. The molecule has 0 atom stereocenters. The number of halogens is 1. The molecule has 74 valence electrons. The molecule has 0 bridgehead atoms. The van der Waals surface area contributed by atoms with Crippen molar-refractivity contribution in [3.63, 3.8) is 0 Å². The average Bonchev–Trinajstić information content (AvgIpc) is 2.19. The molecule has 1 aromatic carbocycles. The van der Waals surface area contributed by atoms with Crippen molar-refractivity contribution in [1.82, 2.24) is 0 Å². The monoisotopic (exact) mass is 190 g/mol. The van der Waals surface area contributed by atoms with E-state index >= 15 is 0 Å². The van der Waals surface area contributed by atoms with Crippen LogP contribution in [0.5, 0.6) is 0 Å². The summed E-state index contributed by atoms with van der Waals surface area (Å²) in [5.41, 5.74) is 2.18. The van der Waals surface area contributed by atoms with Crippen LogP contribution in [-0.2, 0) is 12.8 Å². The Hall–Kier alpha value is -0.785. The number of unbranched alkanes of at least 4 members (excludes halogenated alkanes) is 1. The first-order chi connectivity index (χ1) is 6.69. The van der Waals surface area contributed by atoms with Crippen LogP contribution < -0.4 is 5.46 Å². The number of benzene rings is 1. The predicted molar refractivity (Wildman–Crippen MR) is 59.8 cm³/mol. The minimum Gasteiger partial charge on any atom is -0.207 e. The van der Waals surface area contributed by atoms with Crippen molar-refractivity contribution < 1.29 is 4.39 Å². The van der Waals surface area contributed by atoms with Crippen LogP contribution in [0.25, 0.3) is 0 Å². The first kappa shape index (κ1) is 11.3. The van der Waals surface area contributed by atoms with Crippen molar-refractivity contribution >= 4 is 13.3 Å². The Bertz CT molecular complexity index is 307. The fourth-order valence-corrected chi connectivity index (χ4v) is 1.56. The molecule has 2 heteroatoms. The third-order valence-corrected chi connectivity index (χ3v) is 2.44. The van der Waals surface area contributed by atoms with E-state index in [0.717, 1.165) is 30.4 Å². The Kier molecular flexibility index (Phi) is 4.18. The molecule has 2 radical (unpaired) electrons. The molecule has 0 saturated heterocycles. The highest BCUT2D eigenvalue weighted by Gasteiger charge is 2.05. The lowest BCUT2D eigenvalue weighted by Crippen LogP contribution is -2.12. The summed E-state index contributed by atoms with van der Waals surface area (Å²) in [6.07, 6.45) is 3.98. The minimum atomic E-state index is -0.243. The van der Waals surface area contributed by atoms with Gasteiger partial charge in [-0.2, -0.15) is 0 Å². The molecule has 0 aliphatic heterocycles. The van der Waals surface area contributed by atoms with Gasteiger partial charge in [0.1, 0.15) is 13.7 Å². The van der Waals surface area contributed by atoms with Crippen LogP contribution in [-0.4, -0.2) is 7.85 Å². The lowest BCUT2D eigenvalue weighted by molar-refractivity contribution is 0.619. The van der Waals surface area contributed by atoms with Crippen molar-refractivity contribution in [3.05, 3.63) is 29.1 Å². The molecule has 0 nitrogen and oxygen atoms in total. The average molecular weight is 190 g/mol. The molecule has 0 spiro atoms. The van der Waals surface area contributed by atoms with Crippen molar-refractivity contribution in [2.24, 2.45) is 0 Å². The fraction of sp³-hybridized carbons (Fsp3) is 0.500. The zero-order chi connectivity index (χ0) is 10.6. The minimum absolute atomic E-state index is 0.243. The zero-order valence-corrected chi connectivity index (χ0v) is 8.94. The molecule has 0 unspecified atom stereocenters. The van der Waals surface area contributed by atoms with Crippen LogP contribution in [0.3, 0.4) is 0 Å². The summed E-state index contributed by atoms with van der Waals surface area (Å²) in [6.45, 7) is 4.09. The molecule has 1 aromatic rings. The van der Waals surface area contributed by atoms with Crippen LogP contribution in [0.4, 0.5) is 4.39 Å². The summed E-state index contributed by atoms with van der Waals surface area (Å²) >= 11 is 0. The maximum absolute atomic E-state index is 13.4. The van der Waals surface area contributed by atoms with Crippen molar-refractivity contribution in [2.75, 3.05) is 0 Å². The second kappa shape index (κ2) is 5.18. The van der Waals surface area contributed by atoms with Crippen molar-refractivity contribution in [1.29, 1.82) is 0 Å². The van der Waals surface area contributed by atoms with E-state index in [1.165, 1.54) is 0 Å². The highest BCUT2D eigenvalue weighted by molar-refractivity contribution is 6.32. The van der Waals surface area contributed by atoms with E-state index in [0.29, 0.717) is 6.42 Å². The first-order valence-electron chi connectivity index (χ1n) is 5.25. The SMILES string of the molecule is [B]c1cc(CCCC)cc(CC)c1F. The van der Waals surface area contributed by atoms with E-state index in [-0.39, 0.29) is 11.3 Å². The summed E-state index contributed by atoms with van der Waals surface area (Å²) in [5, 5.41) is 0. The summed E-state index contributed by atoms with van der Waals surface area (Å²) in [7, 11) is 5.59. The molecule has 0 amide bonds. The second-order valence-corrected chi connectivity index (χ2v) is 3.62. The molecule has 0 fully saturated rings. The number of hydrogen-bond donors (Lipinski definition) is 0. The van der Waals surface area contributed by atoms with Gasteiger partial charge in [-0.3, -0.25) is 0 Å². The molecular formula is C12H16BF. The Morgan fingerprint density at radius 3 is 2.57 bits per heavy atom. The number of hydrogen-bond acceptors (Lipinski definition) is 0. The van der Waals surface area contributed by atoms with Gasteiger partial charge in [0.25, 0.3) is 0 Å². The van der Waals surface area contributed by atoms with E-state index in [1.807, 2.05) is 13.0 Å². The Morgan fingerprint density at radius 2 is 2.00 bits per heavy atom. The van der Waals surface area contributed by atoms with E-state index in [4.69, 9.17) is 7.85 Å². The number of aryl methyl sites for hydroxylation is 2. The predicted octanol–water partition coefficient (Wildman–Crippen LogP) is 2.52. The summed E-state index contributed by atoms with van der Waals surface area (Å²) in [6, 6.07) is 3.69. The van der Waals surface area contributed by atoms with E-state index in [2.05, 4.69) is 6.92 Å². The molecule has 0 aromatic heterocycles. The van der Waals surface area contributed by atoms with Gasteiger partial charge in [-0.15, -0.1) is 0 Å². The summed E-state index contributed by atoms with van der Waals surface area (Å²) in [4.78, 5) is 0. The van der Waals surface area contributed by atoms with Crippen LogP contribution in [0, 0.1) is 5.82 Å². The van der Waals surface area contributed by atoms with Crippen LogP contribution in [0.1, 0.15) is 37.8 Å². The van der Waals surface area contributed by atoms with Gasteiger partial charge in [0, 0.05) is 0 Å². The van der Waals surface area contributed by atoms with Crippen LogP contribution in [0.15, 0.2) is 12.1 Å². The van der Waals surface area contributed by atoms with Gasteiger partial charge >= 0.3 is 0 Å². The highest BCUT2D eigenvalue weighted by Crippen LogP contribution is 2.11. The van der Waals surface area contributed by atoms with E-state index in [1.54, 1.807) is 6.07 Å². The summed E-state index contributed by atoms with van der Waals surface area (Å²) < 4.78 is 13.4. The Morgan fingerprint density at radius 1 is 1.29 bits per heavy atom. The van der Waals surface area contributed by atoms with Crippen molar-refractivity contribution in [2.45, 2.75) is 39.5 Å². The first-order valence-corrected chi connectivity index (χ1v) is 5.25. The van der Waals surface area contributed by atoms with E-state index < -0.39 is 0 Å². The van der Waals surface area contributed by atoms with Crippen molar-refractivity contribution in [3.8, 4) is 0 Å². The fourth-order valence-electron chi connectivity index (χ4n) is 1.56. The topological polar surface area (TPSA) is 0 Å². The van der Waals surface area contributed by atoms with Crippen LogP contribution >= 0.6 is 0 Å². The lowest BCUT2D eigenvalue weighted by atomic mass is 9.89. The Balaban J connectivity index is 2.91. The van der Waals surface area contributed by atoms with E-state index in [9.17, 15) is 4.39 Å². The van der Waals surface area contributed by atoms with Crippen LogP contribution in [0.2, 0.25) is 0 Å². The highest BCUT2D eigenvalue weighted by atomic mass is 19.1. The lowest BCUT2D eigenvalue weighted by Gasteiger charge is -2.08. The second-order valence-electron chi connectivity index (χ2n) is 3.62. The molecule has 0 N–H and O–H groups in total. The zero-order valence-electron chi connectivity index (χ0n) is 8.94. The summed E-state index contributed by atoms with van der Waals surface area (Å²) in [5.74, 6) is -0.243. The van der Waals surface area contributed by atoms with Gasteiger partial charge in [0.15, 0.2) is 0 Å². The third-order valence-electron chi connectivity index (χ3n) is 2.44. The maximum atomic E-state index is 13.4. The van der Waals surface area contributed by atoms with Gasteiger partial charge in [0.2, 0.25) is 0 Å². The molecule has 14 heavy (non-hydrogen) atoms. The Labute approximate surface area is 86.9 Å². The quantitative estimate of drug-likeness (QED) is 0.640. The van der Waals surface area contributed by atoms with Gasteiger partial charge in [-0.05, 0) is 30.4 Å². The maximum Gasteiger partial charge on any atom is 0.119 e. The third kappa shape index (κ3) is 2.60. The standard InChI is InChI=1S/C12H16BF/c1-3-5-6-9-7-10(4-2)12(14)11(13)8-9/h7-8H,3-6H2,1-2H3. The molecular weight excluding hydrogens is 174 g/mol. The smallest absolute Gasteiger partial charge is 0.119 e. The molecule has 0 heterocycles. The van der Waals surface area contributed by atoms with Gasteiger partial charge in [0.05, 0.1) is 0 Å². The molecule has 0 saturated carbocycles.